The van der Waals surface area contributed by atoms with Gasteiger partial charge in [-0.2, -0.15) is 13.2 Å². The number of halogens is 4. The molecule has 3 aromatic rings. The number of carboxylic acid groups (broad SMARTS) is 1. The number of ether oxygens (including phenoxy) is 2. The summed E-state index contributed by atoms with van der Waals surface area (Å²) in [7, 11) is -0.510. The number of rotatable bonds is 11. The van der Waals surface area contributed by atoms with Gasteiger partial charge in [0.1, 0.15) is 24.6 Å². The third-order valence-corrected chi connectivity index (χ3v) is 7.97. The molecule has 0 saturated heterocycles. The minimum absolute atomic E-state index is 0.0593. The van der Waals surface area contributed by atoms with Crippen molar-refractivity contribution in [1.29, 1.82) is 0 Å². The lowest BCUT2D eigenvalue weighted by atomic mass is 10.0. The van der Waals surface area contributed by atoms with Crippen molar-refractivity contribution in [1.82, 2.24) is 14.5 Å². The normalized spacial score (nSPS) is 14.6. The van der Waals surface area contributed by atoms with E-state index in [1.165, 1.54) is 4.57 Å². The molecule has 1 N–H and O–H groups in total. The van der Waals surface area contributed by atoms with Crippen LogP contribution in [0.25, 0.3) is 22.5 Å². The van der Waals surface area contributed by atoms with Crippen LogP contribution in [0.15, 0.2) is 36.7 Å². The minimum Gasteiger partial charge on any atom is -0.481 e. The SMILES string of the molecule is Cc1cc(OCC2(C(=O)O)CC2)ncc1-c1ccc(-c2nc(C(F)(F)F)cn2COCC[Si](C)C)c(Cl)c1. The van der Waals surface area contributed by atoms with E-state index in [9.17, 15) is 23.1 Å². The van der Waals surface area contributed by atoms with Crippen LogP contribution in [0.5, 0.6) is 5.88 Å². The first-order valence-corrected chi connectivity index (χ1v) is 15.1. The number of aliphatic carboxylic acids is 1. The Morgan fingerprint density at radius 1 is 1.24 bits per heavy atom. The monoisotopic (exact) mass is 566 g/mol. The molecule has 1 aromatic carbocycles. The van der Waals surface area contributed by atoms with Crippen LogP contribution in [0.3, 0.4) is 0 Å². The zero-order chi connectivity index (χ0) is 27.7. The number of benzene rings is 1. The summed E-state index contributed by atoms with van der Waals surface area (Å²) in [5.41, 5.74) is 0.796. The van der Waals surface area contributed by atoms with Crippen LogP contribution in [0.2, 0.25) is 24.2 Å². The van der Waals surface area contributed by atoms with Gasteiger partial charge >= 0.3 is 12.1 Å². The maximum atomic E-state index is 13.4. The summed E-state index contributed by atoms with van der Waals surface area (Å²) in [6.07, 6.45) is -0.905. The van der Waals surface area contributed by atoms with Crippen molar-refractivity contribution >= 4 is 26.4 Å². The minimum atomic E-state index is -4.61. The van der Waals surface area contributed by atoms with Gasteiger partial charge < -0.3 is 19.1 Å². The van der Waals surface area contributed by atoms with Crippen LogP contribution in [0.1, 0.15) is 24.1 Å². The molecule has 0 bridgehead atoms. The van der Waals surface area contributed by atoms with E-state index in [1.807, 2.05) is 6.92 Å². The number of carboxylic acids is 1. The van der Waals surface area contributed by atoms with E-state index in [4.69, 9.17) is 21.1 Å². The average Bonchev–Trinajstić information content (AvgIpc) is 3.52. The van der Waals surface area contributed by atoms with Gasteiger partial charge in [-0.25, -0.2) is 9.97 Å². The van der Waals surface area contributed by atoms with E-state index in [0.29, 0.717) is 36.5 Å². The van der Waals surface area contributed by atoms with Gasteiger partial charge in [-0.1, -0.05) is 30.8 Å². The lowest BCUT2D eigenvalue weighted by Crippen LogP contribution is -2.23. The summed E-state index contributed by atoms with van der Waals surface area (Å²) in [4.78, 5) is 19.5. The summed E-state index contributed by atoms with van der Waals surface area (Å²) < 4.78 is 52.9. The highest BCUT2D eigenvalue weighted by Crippen LogP contribution is 2.46. The van der Waals surface area contributed by atoms with Gasteiger partial charge in [-0.05, 0) is 49.1 Å². The maximum Gasteiger partial charge on any atom is 0.434 e. The van der Waals surface area contributed by atoms with Crippen molar-refractivity contribution in [2.75, 3.05) is 13.2 Å². The van der Waals surface area contributed by atoms with Crippen molar-refractivity contribution in [2.24, 2.45) is 5.41 Å². The molecular formula is C26H28ClF3N3O4Si. The Bertz CT molecular complexity index is 1330. The number of hydrogen-bond donors (Lipinski definition) is 1. The first-order valence-electron chi connectivity index (χ1n) is 12.0. The molecule has 0 aliphatic heterocycles. The summed E-state index contributed by atoms with van der Waals surface area (Å²) in [5.74, 6) is -0.479. The van der Waals surface area contributed by atoms with Crippen molar-refractivity contribution in [3.63, 3.8) is 0 Å². The Kier molecular flexibility index (Phi) is 8.19. The van der Waals surface area contributed by atoms with E-state index in [2.05, 4.69) is 23.1 Å². The number of carbonyl (C=O) groups is 1. The van der Waals surface area contributed by atoms with Crippen LogP contribution >= 0.6 is 11.6 Å². The van der Waals surface area contributed by atoms with Crippen molar-refractivity contribution in [2.45, 2.75) is 51.8 Å². The highest BCUT2D eigenvalue weighted by molar-refractivity contribution is 6.55. The highest BCUT2D eigenvalue weighted by atomic mass is 35.5. The molecule has 1 fully saturated rings. The van der Waals surface area contributed by atoms with Crippen LogP contribution < -0.4 is 4.74 Å². The number of aromatic nitrogens is 3. The van der Waals surface area contributed by atoms with Crippen LogP contribution in [-0.4, -0.2) is 47.6 Å². The average molecular weight is 567 g/mol. The van der Waals surface area contributed by atoms with Gasteiger partial charge in [0.2, 0.25) is 5.88 Å². The fraction of sp³-hybridized carbons (Fsp3) is 0.423. The topological polar surface area (TPSA) is 86.5 Å². The lowest BCUT2D eigenvalue weighted by molar-refractivity contribution is -0.144. The maximum absolute atomic E-state index is 13.4. The Balaban J connectivity index is 1.55. The predicted molar refractivity (Wildman–Crippen MR) is 139 cm³/mol. The van der Waals surface area contributed by atoms with Crippen molar-refractivity contribution < 1.29 is 32.5 Å². The lowest BCUT2D eigenvalue weighted by Gasteiger charge is -2.14. The number of imidazole rings is 1. The molecule has 4 rings (SSSR count). The molecule has 1 radical (unpaired) electrons. The fourth-order valence-electron chi connectivity index (χ4n) is 3.86. The van der Waals surface area contributed by atoms with Crippen LogP contribution in [0.4, 0.5) is 13.2 Å². The summed E-state index contributed by atoms with van der Waals surface area (Å²) in [6, 6.07) is 7.62. The van der Waals surface area contributed by atoms with Gasteiger partial charge in [0, 0.05) is 45.0 Å². The van der Waals surface area contributed by atoms with Gasteiger partial charge in [-0.3, -0.25) is 4.79 Å². The molecular weight excluding hydrogens is 539 g/mol. The highest BCUT2D eigenvalue weighted by Gasteiger charge is 2.51. The molecule has 2 heterocycles. The van der Waals surface area contributed by atoms with E-state index < -0.39 is 32.1 Å². The van der Waals surface area contributed by atoms with Crippen molar-refractivity contribution in [3.05, 3.63) is 52.9 Å². The second-order valence-corrected chi connectivity index (χ2v) is 13.1. The number of aryl methyl sites for hydroxylation is 1. The standard InChI is InChI=1S/C26H28ClF3N3O4Si/c1-16-10-22(37-14-25(6-7-25)24(34)35)31-12-19(16)17-4-5-18(20(27)11-17)23-32-21(26(28,29)30)13-33(23)15-36-8-9-38(2)3/h4-5,10-13H,6-9,14-15H2,1-3H3,(H,34,35). The van der Waals surface area contributed by atoms with E-state index in [0.717, 1.165) is 23.4 Å². The fourth-order valence-corrected chi connectivity index (χ4v) is 4.68. The van der Waals surface area contributed by atoms with Gasteiger partial charge in [0.15, 0.2) is 5.69 Å². The predicted octanol–water partition coefficient (Wildman–Crippen LogP) is 6.56. The zero-order valence-corrected chi connectivity index (χ0v) is 23.0. The van der Waals surface area contributed by atoms with Gasteiger partial charge in [0.25, 0.3) is 0 Å². The van der Waals surface area contributed by atoms with Crippen LogP contribution in [0, 0.1) is 12.3 Å². The van der Waals surface area contributed by atoms with Gasteiger partial charge in [0.05, 0.1) is 5.02 Å². The molecule has 12 heteroatoms. The second-order valence-electron chi connectivity index (χ2n) is 9.82. The Morgan fingerprint density at radius 3 is 2.55 bits per heavy atom. The number of nitrogens with zero attached hydrogens (tertiary/aromatic N) is 3. The van der Waals surface area contributed by atoms with E-state index in [-0.39, 0.29) is 24.2 Å². The van der Waals surface area contributed by atoms with Crippen LogP contribution in [-0.2, 0) is 22.4 Å². The van der Waals surface area contributed by atoms with E-state index >= 15 is 0 Å². The second kappa shape index (κ2) is 11.1. The van der Waals surface area contributed by atoms with Gasteiger partial charge in [-0.15, -0.1) is 0 Å². The van der Waals surface area contributed by atoms with E-state index in [1.54, 1.807) is 30.5 Å². The van der Waals surface area contributed by atoms with Crippen molar-refractivity contribution in [3.8, 4) is 28.4 Å². The Labute approximate surface area is 225 Å². The summed E-state index contributed by atoms with van der Waals surface area (Å²) >= 11 is 6.56. The molecule has 0 spiro atoms. The molecule has 1 aliphatic carbocycles. The number of hydrogen-bond acceptors (Lipinski definition) is 5. The molecule has 1 aliphatic rings. The smallest absolute Gasteiger partial charge is 0.434 e. The molecule has 203 valence electrons. The third kappa shape index (κ3) is 6.39. The summed E-state index contributed by atoms with van der Waals surface area (Å²) in [6.45, 7) is 6.58. The number of alkyl halides is 3. The molecule has 1 saturated carbocycles. The molecule has 0 unspecified atom stereocenters. The Hall–Kier alpha value is -2.89. The summed E-state index contributed by atoms with van der Waals surface area (Å²) in [5, 5.41) is 9.54. The molecule has 38 heavy (non-hydrogen) atoms. The first-order chi connectivity index (χ1) is 17.9. The third-order valence-electron chi connectivity index (χ3n) is 6.45. The molecule has 0 atom stereocenters. The Morgan fingerprint density at radius 2 is 1.97 bits per heavy atom. The molecule has 2 aromatic heterocycles. The molecule has 0 amide bonds. The molecule has 7 nitrogen and oxygen atoms in total. The first kappa shape index (κ1) is 28.1. The number of pyridine rings is 1. The quantitative estimate of drug-likeness (QED) is 0.209. The zero-order valence-electron chi connectivity index (χ0n) is 21.2. The largest absolute Gasteiger partial charge is 0.481 e.